The molecule has 0 aliphatic rings. The van der Waals surface area contributed by atoms with Crippen LogP contribution in [0.2, 0.25) is 0 Å². The van der Waals surface area contributed by atoms with Gasteiger partial charge < -0.3 is 20.7 Å². The zero-order valence-corrected chi connectivity index (χ0v) is 8.14. The molecule has 0 fully saturated rings. The highest BCUT2D eigenvalue weighted by atomic mass is 16.4. The Morgan fingerprint density at radius 1 is 1.67 bits per heavy atom. The Morgan fingerprint density at radius 3 is 3.07 bits per heavy atom. The minimum atomic E-state index is -0.191. The number of nitrogens with zero attached hydrogens (tertiary/aromatic N) is 1. The molecule has 0 bridgehead atoms. The number of amides is 1. The maximum atomic E-state index is 11.3. The van der Waals surface area contributed by atoms with Gasteiger partial charge >= 0.3 is 0 Å². The van der Waals surface area contributed by atoms with Crippen LogP contribution in [0.1, 0.15) is 23.2 Å². The van der Waals surface area contributed by atoms with Crippen molar-refractivity contribution in [3.05, 3.63) is 24.2 Å². The number of amidine groups is 1. The van der Waals surface area contributed by atoms with E-state index in [1.807, 2.05) is 0 Å². The van der Waals surface area contributed by atoms with E-state index < -0.39 is 0 Å². The lowest BCUT2D eigenvalue weighted by Crippen LogP contribution is -2.25. The number of nitrogens with one attached hydrogen (secondary N) is 1. The van der Waals surface area contributed by atoms with Gasteiger partial charge in [0.2, 0.25) is 0 Å². The molecule has 0 radical (unpaired) electrons. The van der Waals surface area contributed by atoms with Gasteiger partial charge in [0.15, 0.2) is 0 Å². The molecular weight excluding hydrogens is 198 g/mol. The Hall–Kier alpha value is -1.98. The molecule has 1 rings (SSSR count). The van der Waals surface area contributed by atoms with E-state index in [1.165, 1.54) is 12.5 Å². The Morgan fingerprint density at radius 2 is 2.47 bits per heavy atom. The summed E-state index contributed by atoms with van der Waals surface area (Å²) in [5, 5.41) is 13.8. The first-order valence-electron chi connectivity index (χ1n) is 4.51. The molecule has 0 saturated heterocycles. The van der Waals surface area contributed by atoms with Crippen molar-refractivity contribution in [3.8, 4) is 0 Å². The molecule has 1 aromatic rings. The second-order valence-corrected chi connectivity index (χ2v) is 2.96. The van der Waals surface area contributed by atoms with Crippen molar-refractivity contribution in [2.45, 2.75) is 12.8 Å². The van der Waals surface area contributed by atoms with Gasteiger partial charge in [-0.15, -0.1) is 0 Å². The molecule has 6 heteroatoms. The van der Waals surface area contributed by atoms with Gasteiger partial charge in [-0.3, -0.25) is 4.79 Å². The van der Waals surface area contributed by atoms with Crippen LogP contribution in [0.3, 0.4) is 0 Å². The van der Waals surface area contributed by atoms with Gasteiger partial charge in [0.05, 0.1) is 11.8 Å². The molecule has 0 spiro atoms. The zero-order chi connectivity index (χ0) is 11.1. The molecule has 1 aromatic heterocycles. The summed E-state index contributed by atoms with van der Waals surface area (Å²) < 4.78 is 4.76. The van der Waals surface area contributed by atoms with Gasteiger partial charge in [-0.1, -0.05) is 5.16 Å². The quantitative estimate of drug-likeness (QED) is 0.217. The molecular formula is C9H13N3O3. The first-order valence-corrected chi connectivity index (χ1v) is 4.51. The minimum Gasteiger partial charge on any atom is -0.472 e. The molecule has 1 heterocycles. The number of rotatable bonds is 5. The summed E-state index contributed by atoms with van der Waals surface area (Å²) >= 11 is 0. The third-order valence-electron chi connectivity index (χ3n) is 1.81. The van der Waals surface area contributed by atoms with Gasteiger partial charge in [0.1, 0.15) is 12.1 Å². The predicted molar refractivity (Wildman–Crippen MR) is 53.7 cm³/mol. The van der Waals surface area contributed by atoms with Crippen LogP contribution in [-0.2, 0) is 0 Å². The Bertz CT molecular complexity index is 332. The number of hydrogen-bond acceptors (Lipinski definition) is 4. The molecule has 0 aromatic carbocycles. The zero-order valence-electron chi connectivity index (χ0n) is 8.14. The molecule has 15 heavy (non-hydrogen) atoms. The van der Waals surface area contributed by atoms with E-state index >= 15 is 0 Å². The summed E-state index contributed by atoms with van der Waals surface area (Å²) in [4.78, 5) is 11.3. The van der Waals surface area contributed by atoms with Crippen LogP contribution in [-0.4, -0.2) is 23.5 Å². The van der Waals surface area contributed by atoms with Crippen LogP contribution < -0.4 is 11.1 Å². The van der Waals surface area contributed by atoms with Crippen molar-refractivity contribution in [3.63, 3.8) is 0 Å². The van der Waals surface area contributed by atoms with Crippen LogP contribution >= 0.6 is 0 Å². The van der Waals surface area contributed by atoms with Crippen molar-refractivity contribution < 1.29 is 14.4 Å². The third kappa shape index (κ3) is 3.72. The molecule has 0 aliphatic heterocycles. The number of carbonyl (C=O) groups is 1. The Labute approximate surface area is 86.7 Å². The topological polar surface area (TPSA) is 101 Å². The monoisotopic (exact) mass is 211 g/mol. The number of furan rings is 1. The maximum Gasteiger partial charge on any atom is 0.254 e. The molecule has 0 aliphatic carbocycles. The van der Waals surface area contributed by atoms with Gasteiger partial charge in [-0.05, 0) is 12.5 Å². The van der Waals surface area contributed by atoms with E-state index in [2.05, 4.69) is 10.5 Å². The fourth-order valence-electron chi connectivity index (χ4n) is 1.02. The lowest BCUT2D eigenvalue weighted by atomic mass is 10.2. The third-order valence-corrected chi connectivity index (χ3v) is 1.81. The lowest BCUT2D eigenvalue weighted by molar-refractivity contribution is 0.0953. The predicted octanol–water partition coefficient (Wildman–Crippen LogP) is 0.536. The van der Waals surface area contributed by atoms with E-state index in [4.69, 9.17) is 15.4 Å². The number of hydrogen-bond donors (Lipinski definition) is 3. The van der Waals surface area contributed by atoms with Crippen molar-refractivity contribution >= 4 is 11.7 Å². The second-order valence-electron chi connectivity index (χ2n) is 2.96. The number of oxime groups is 1. The lowest BCUT2D eigenvalue weighted by Gasteiger charge is -2.02. The second kappa shape index (κ2) is 5.69. The summed E-state index contributed by atoms with van der Waals surface area (Å²) in [6, 6.07) is 1.58. The number of nitrogens with two attached hydrogens (primary N) is 1. The summed E-state index contributed by atoms with van der Waals surface area (Å²) in [6.07, 6.45) is 3.88. The van der Waals surface area contributed by atoms with E-state index in [1.54, 1.807) is 6.07 Å². The first kappa shape index (κ1) is 11.1. The fourth-order valence-corrected chi connectivity index (χ4v) is 1.02. The maximum absolute atomic E-state index is 11.3. The van der Waals surface area contributed by atoms with E-state index in [0.29, 0.717) is 24.9 Å². The summed E-state index contributed by atoms with van der Waals surface area (Å²) in [5.74, 6) is -0.0316. The largest absolute Gasteiger partial charge is 0.472 e. The van der Waals surface area contributed by atoms with E-state index in [0.717, 1.165) is 0 Å². The summed E-state index contributed by atoms with van der Waals surface area (Å²) in [5.41, 5.74) is 5.74. The normalized spacial score (nSPS) is 11.3. The molecule has 0 unspecified atom stereocenters. The Balaban J connectivity index is 2.19. The van der Waals surface area contributed by atoms with Crippen molar-refractivity contribution in [1.29, 1.82) is 0 Å². The van der Waals surface area contributed by atoms with Gasteiger partial charge in [0, 0.05) is 13.0 Å². The number of carbonyl (C=O) groups excluding carboxylic acids is 1. The van der Waals surface area contributed by atoms with Crippen LogP contribution in [0.5, 0.6) is 0 Å². The summed E-state index contributed by atoms with van der Waals surface area (Å²) in [6.45, 7) is 0.472. The van der Waals surface area contributed by atoms with E-state index in [-0.39, 0.29) is 11.7 Å². The fraction of sp³-hybridized carbons (Fsp3) is 0.333. The van der Waals surface area contributed by atoms with Crippen LogP contribution in [0.4, 0.5) is 0 Å². The van der Waals surface area contributed by atoms with E-state index in [9.17, 15) is 4.79 Å². The van der Waals surface area contributed by atoms with Gasteiger partial charge in [-0.25, -0.2) is 0 Å². The highest BCUT2D eigenvalue weighted by molar-refractivity contribution is 5.93. The van der Waals surface area contributed by atoms with Crippen LogP contribution in [0.25, 0.3) is 0 Å². The highest BCUT2D eigenvalue weighted by Crippen LogP contribution is 1.99. The molecule has 82 valence electrons. The molecule has 0 saturated carbocycles. The van der Waals surface area contributed by atoms with Crippen molar-refractivity contribution in [2.24, 2.45) is 10.9 Å². The summed E-state index contributed by atoms with van der Waals surface area (Å²) in [7, 11) is 0. The average molecular weight is 211 g/mol. The van der Waals surface area contributed by atoms with Gasteiger partial charge in [-0.2, -0.15) is 0 Å². The standard InChI is InChI=1S/C9H13N3O3/c10-8(12-14)2-1-4-11-9(13)7-3-5-15-6-7/h3,5-6,14H,1-2,4H2,(H2,10,12)(H,11,13). The van der Waals surface area contributed by atoms with Crippen molar-refractivity contribution in [1.82, 2.24) is 5.32 Å². The SMILES string of the molecule is NC(CCCNC(=O)c1ccoc1)=NO. The van der Waals surface area contributed by atoms with Crippen LogP contribution in [0, 0.1) is 0 Å². The molecule has 6 nitrogen and oxygen atoms in total. The average Bonchev–Trinajstić information content (AvgIpc) is 2.77. The van der Waals surface area contributed by atoms with Crippen LogP contribution in [0.15, 0.2) is 28.2 Å². The highest BCUT2D eigenvalue weighted by Gasteiger charge is 2.05. The smallest absolute Gasteiger partial charge is 0.254 e. The van der Waals surface area contributed by atoms with Crippen molar-refractivity contribution in [2.75, 3.05) is 6.54 Å². The molecule has 4 N–H and O–H groups in total. The Kier molecular flexibility index (Phi) is 4.21. The first-order chi connectivity index (χ1) is 7.24. The molecule has 1 amide bonds. The minimum absolute atomic E-state index is 0.160. The molecule has 0 atom stereocenters. The van der Waals surface area contributed by atoms with Gasteiger partial charge in [0.25, 0.3) is 5.91 Å².